The first-order valence-electron chi connectivity index (χ1n) is 7.69. The van der Waals surface area contributed by atoms with E-state index in [4.69, 9.17) is 4.74 Å². The zero-order valence-corrected chi connectivity index (χ0v) is 13.2. The Morgan fingerprint density at radius 1 is 1.38 bits per heavy atom. The minimum Gasteiger partial charge on any atom is -0.375 e. The molecule has 1 aromatic carbocycles. The van der Waals surface area contributed by atoms with E-state index < -0.39 is 0 Å². The number of rotatable bonds is 5. The van der Waals surface area contributed by atoms with Crippen molar-refractivity contribution in [1.29, 1.82) is 0 Å². The van der Waals surface area contributed by atoms with Gasteiger partial charge >= 0.3 is 0 Å². The lowest BCUT2D eigenvalue weighted by Crippen LogP contribution is -2.46. The van der Waals surface area contributed by atoms with Crippen LogP contribution in [0.25, 0.3) is 0 Å². The Morgan fingerprint density at radius 3 is 2.86 bits per heavy atom. The van der Waals surface area contributed by atoms with Crippen LogP contribution in [0.2, 0.25) is 0 Å². The van der Waals surface area contributed by atoms with E-state index in [0.29, 0.717) is 6.61 Å². The minimum atomic E-state index is -0.151. The van der Waals surface area contributed by atoms with E-state index in [1.165, 1.54) is 0 Å². The van der Waals surface area contributed by atoms with Gasteiger partial charge in [-0.25, -0.2) is 0 Å². The van der Waals surface area contributed by atoms with Crippen molar-refractivity contribution in [2.75, 3.05) is 20.2 Å². The smallest absolute Gasteiger partial charge is 0.251 e. The minimum absolute atomic E-state index is 0.0319. The Balaban J connectivity index is 2.03. The molecule has 0 aromatic heterocycles. The first kappa shape index (κ1) is 16.0. The van der Waals surface area contributed by atoms with Gasteiger partial charge in [-0.1, -0.05) is 18.2 Å². The molecule has 1 amide bonds. The van der Waals surface area contributed by atoms with Crippen LogP contribution < -0.4 is 10.6 Å². The summed E-state index contributed by atoms with van der Waals surface area (Å²) in [5.41, 5.74) is 1.73. The molecule has 4 nitrogen and oxygen atoms in total. The molecule has 1 aliphatic heterocycles. The normalized spacial score (nSPS) is 21.0. The van der Waals surface area contributed by atoms with E-state index in [9.17, 15) is 4.79 Å². The Morgan fingerprint density at radius 2 is 2.14 bits per heavy atom. The van der Waals surface area contributed by atoms with Crippen molar-refractivity contribution in [3.8, 4) is 0 Å². The lowest BCUT2D eigenvalue weighted by atomic mass is 9.93. The van der Waals surface area contributed by atoms with Gasteiger partial charge in [0, 0.05) is 18.2 Å². The van der Waals surface area contributed by atoms with Crippen LogP contribution in [-0.4, -0.2) is 37.7 Å². The van der Waals surface area contributed by atoms with Gasteiger partial charge in [0.1, 0.15) is 0 Å². The van der Waals surface area contributed by atoms with Gasteiger partial charge in [0.25, 0.3) is 5.91 Å². The number of hydrogen-bond acceptors (Lipinski definition) is 3. The van der Waals surface area contributed by atoms with Gasteiger partial charge in [-0.3, -0.25) is 4.79 Å². The molecular formula is C17H26N2O2. The van der Waals surface area contributed by atoms with Crippen LogP contribution in [0.5, 0.6) is 0 Å². The highest BCUT2D eigenvalue weighted by molar-refractivity contribution is 5.95. The molecule has 1 atom stereocenters. The molecule has 21 heavy (non-hydrogen) atoms. The number of ether oxygens (including phenoxy) is 1. The van der Waals surface area contributed by atoms with Crippen LogP contribution >= 0.6 is 0 Å². The molecule has 116 valence electrons. The fourth-order valence-corrected chi connectivity index (χ4v) is 2.84. The average molecular weight is 290 g/mol. The first-order chi connectivity index (χ1) is 10.0. The van der Waals surface area contributed by atoms with E-state index in [-0.39, 0.29) is 17.6 Å². The Kier molecular flexibility index (Phi) is 5.37. The van der Waals surface area contributed by atoms with E-state index >= 15 is 0 Å². The van der Waals surface area contributed by atoms with Crippen LogP contribution in [0.3, 0.4) is 0 Å². The molecule has 2 N–H and O–H groups in total. The maximum absolute atomic E-state index is 12.5. The summed E-state index contributed by atoms with van der Waals surface area (Å²) in [5.74, 6) is 0.0319. The number of amides is 1. The lowest BCUT2D eigenvalue weighted by Gasteiger charge is -2.35. The Hall–Kier alpha value is -1.39. The summed E-state index contributed by atoms with van der Waals surface area (Å²) in [7, 11) is 1.92. The van der Waals surface area contributed by atoms with Gasteiger partial charge in [-0.15, -0.1) is 0 Å². The fourth-order valence-electron chi connectivity index (χ4n) is 2.84. The average Bonchev–Trinajstić information content (AvgIpc) is 2.44. The highest BCUT2D eigenvalue weighted by atomic mass is 16.5. The molecule has 1 unspecified atom stereocenters. The maximum Gasteiger partial charge on any atom is 0.251 e. The number of likely N-dealkylation sites (N-methyl/N-ethyl adjacent to an activating group) is 1. The number of carbonyl (C=O) groups is 1. The van der Waals surface area contributed by atoms with Gasteiger partial charge in [0.15, 0.2) is 0 Å². The van der Waals surface area contributed by atoms with Gasteiger partial charge < -0.3 is 15.4 Å². The number of nitrogens with one attached hydrogen (secondary N) is 2. The van der Waals surface area contributed by atoms with Crippen LogP contribution in [0.1, 0.15) is 42.6 Å². The summed E-state index contributed by atoms with van der Waals surface area (Å²) in [6.07, 6.45) is 2.60. The Bertz CT molecular complexity index is 485. The molecule has 1 fully saturated rings. The van der Waals surface area contributed by atoms with Crippen molar-refractivity contribution in [2.45, 2.75) is 44.8 Å². The summed E-state index contributed by atoms with van der Waals surface area (Å²) in [4.78, 5) is 12.5. The van der Waals surface area contributed by atoms with Crippen LogP contribution in [0, 0.1) is 0 Å². The highest BCUT2D eigenvalue weighted by Crippen LogP contribution is 2.24. The highest BCUT2D eigenvalue weighted by Gasteiger charge is 2.30. The first-order valence-corrected chi connectivity index (χ1v) is 7.69. The third kappa shape index (κ3) is 4.55. The van der Waals surface area contributed by atoms with E-state index in [1.807, 2.05) is 31.3 Å². The molecule has 0 radical (unpaired) electrons. The molecule has 0 aliphatic carbocycles. The third-order valence-corrected chi connectivity index (χ3v) is 3.94. The summed E-state index contributed by atoms with van der Waals surface area (Å²) in [6.45, 7) is 5.73. The molecule has 1 aromatic rings. The van der Waals surface area contributed by atoms with Crippen molar-refractivity contribution >= 4 is 5.91 Å². The molecule has 0 bridgehead atoms. The predicted octanol–water partition coefficient (Wildman–Crippen LogP) is 2.14. The second-order valence-corrected chi connectivity index (χ2v) is 6.28. The second kappa shape index (κ2) is 7.05. The monoisotopic (exact) mass is 290 g/mol. The van der Waals surface area contributed by atoms with Gasteiger partial charge in [-0.05, 0) is 58.3 Å². The largest absolute Gasteiger partial charge is 0.375 e. The molecule has 1 saturated heterocycles. The zero-order chi connectivity index (χ0) is 15.3. The third-order valence-electron chi connectivity index (χ3n) is 3.94. The molecule has 1 heterocycles. The molecule has 2 rings (SSSR count). The summed E-state index contributed by atoms with van der Waals surface area (Å²) < 4.78 is 5.70. The zero-order valence-electron chi connectivity index (χ0n) is 13.2. The Labute approximate surface area is 127 Å². The van der Waals surface area contributed by atoms with Gasteiger partial charge in [0.05, 0.1) is 5.60 Å². The van der Waals surface area contributed by atoms with E-state index in [1.54, 1.807) is 0 Å². The van der Waals surface area contributed by atoms with E-state index in [0.717, 1.165) is 36.9 Å². The number of carbonyl (C=O) groups excluding carboxylic acids is 1. The molecule has 0 saturated carbocycles. The van der Waals surface area contributed by atoms with Gasteiger partial charge in [-0.2, -0.15) is 0 Å². The number of hydrogen-bond donors (Lipinski definition) is 2. The van der Waals surface area contributed by atoms with Gasteiger partial charge in [0.2, 0.25) is 0 Å². The predicted molar refractivity (Wildman–Crippen MR) is 84.6 cm³/mol. The SMILES string of the molecule is CNCCc1ccccc1C(=O)NC1CCOC(C)(C)C1. The maximum atomic E-state index is 12.5. The summed E-state index contributed by atoms with van der Waals surface area (Å²) >= 11 is 0. The summed E-state index contributed by atoms with van der Waals surface area (Å²) in [5, 5.41) is 6.29. The summed E-state index contributed by atoms with van der Waals surface area (Å²) in [6, 6.07) is 8.04. The fraction of sp³-hybridized carbons (Fsp3) is 0.588. The molecule has 0 spiro atoms. The van der Waals surface area contributed by atoms with Crippen LogP contribution in [0.15, 0.2) is 24.3 Å². The molecular weight excluding hydrogens is 264 g/mol. The van der Waals surface area contributed by atoms with Crippen molar-refractivity contribution in [1.82, 2.24) is 10.6 Å². The van der Waals surface area contributed by atoms with Crippen LogP contribution in [-0.2, 0) is 11.2 Å². The number of benzene rings is 1. The van der Waals surface area contributed by atoms with Crippen molar-refractivity contribution in [3.05, 3.63) is 35.4 Å². The quantitative estimate of drug-likeness (QED) is 0.873. The van der Waals surface area contributed by atoms with Crippen molar-refractivity contribution in [3.63, 3.8) is 0 Å². The lowest BCUT2D eigenvalue weighted by molar-refractivity contribution is -0.0615. The standard InChI is InChI=1S/C17H26N2O2/c1-17(2)12-14(9-11-21-17)19-16(20)15-7-5-4-6-13(15)8-10-18-3/h4-7,14,18H,8-12H2,1-3H3,(H,19,20). The van der Waals surface area contributed by atoms with Crippen LogP contribution in [0.4, 0.5) is 0 Å². The van der Waals surface area contributed by atoms with Crippen molar-refractivity contribution in [2.24, 2.45) is 0 Å². The second-order valence-electron chi connectivity index (χ2n) is 6.28. The molecule has 4 heteroatoms. The topological polar surface area (TPSA) is 50.4 Å². The van der Waals surface area contributed by atoms with Crippen molar-refractivity contribution < 1.29 is 9.53 Å². The van der Waals surface area contributed by atoms with E-state index in [2.05, 4.69) is 24.5 Å². The molecule has 1 aliphatic rings.